The van der Waals surface area contributed by atoms with Crippen LogP contribution in [0.4, 0.5) is 5.69 Å². The molecule has 0 spiro atoms. The Kier molecular flexibility index (Phi) is 4.98. The zero-order valence-electron chi connectivity index (χ0n) is 13.3. The third-order valence-corrected chi connectivity index (χ3v) is 3.85. The first-order valence-electron chi connectivity index (χ1n) is 6.87. The fraction of sp³-hybridized carbons (Fsp3) is 0.471. The quantitative estimate of drug-likeness (QED) is 0.845. The number of rotatable bonds is 4. The van der Waals surface area contributed by atoms with Crippen LogP contribution in [0.5, 0.6) is 0 Å². The summed E-state index contributed by atoms with van der Waals surface area (Å²) in [5.41, 5.74) is 3.43. The van der Waals surface area contributed by atoms with Gasteiger partial charge in [0.2, 0.25) is 0 Å². The van der Waals surface area contributed by atoms with Crippen molar-refractivity contribution in [2.24, 2.45) is 5.41 Å². The molecule has 0 heterocycles. The summed E-state index contributed by atoms with van der Waals surface area (Å²) in [5.74, 6) is -0.926. The Morgan fingerprint density at radius 1 is 1.35 bits per heavy atom. The highest BCUT2D eigenvalue weighted by atomic mass is 16.4. The lowest BCUT2D eigenvalue weighted by Crippen LogP contribution is -2.39. The largest absolute Gasteiger partial charge is 0.478 e. The maximum absolute atomic E-state index is 10.5. The van der Waals surface area contributed by atoms with E-state index in [1.54, 1.807) is 6.08 Å². The van der Waals surface area contributed by atoms with Crippen LogP contribution in [0.3, 0.4) is 0 Å². The van der Waals surface area contributed by atoms with E-state index < -0.39 is 5.97 Å². The van der Waals surface area contributed by atoms with Crippen LogP contribution in [0.25, 0.3) is 6.08 Å². The van der Waals surface area contributed by atoms with Crippen molar-refractivity contribution in [3.8, 4) is 0 Å². The van der Waals surface area contributed by atoms with Crippen molar-refractivity contribution in [2.45, 2.75) is 40.7 Å². The van der Waals surface area contributed by atoms with Gasteiger partial charge in [-0.05, 0) is 48.6 Å². The van der Waals surface area contributed by atoms with Crippen LogP contribution in [0, 0.1) is 12.3 Å². The second-order valence-electron chi connectivity index (χ2n) is 6.37. The first kappa shape index (κ1) is 16.3. The molecule has 3 heteroatoms. The standard InChI is InChI=1S/C17H25NO2/c1-12-11-14(8-10-16(19)20)7-9-15(12)18(6)13(2)17(3,4)5/h7-11,13H,1-6H3,(H,19,20). The van der Waals surface area contributed by atoms with Crippen molar-refractivity contribution in [1.82, 2.24) is 0 Å². The number of carbonyl (C=O) groups is 1. The van der Waals surface area contributed by atoms with E-state index in [9.17, 15) is 4.79 Å². The van der Waals surface area contributed by atoms with Crippen LogP contribution in [0.1, 0.15) is 38.8 Å². The molecule has 1 rings (SSSR count). The molecule has 3 nitrogen and oxygen atoms in total. The zero-order valence-corrected chi connectivity index (χ0v) is 13.3. The van der Waals surface area contributed by atoms with E-state index in [1.165, 1.54) is 5.69 Å². The third kappa shape index (κ3) is 4.12. The number of carboxylic acids is 1. The van der Waals surface area contributed by atoms with E-state index in [0.717, 1.165) is 17.2 Å². The molecule has 1 aromatic rings. The summed E-state index contributed by atoms with van der Waals surface area (Å²) in [6, 6.07) is 6.43. The lowest BCUT2D eigenvalue weighted by molar-refractivity contribution is -0.131. The van der Waals surface area contributed by atoms with Crippen molar-refractivity contribution in [1.29, 1.82) is 0 Å². The summed E-state index contributed by atoms with van der Waals surface area (Å²) >= 11 is 0. The van der Waals surface area contributed by atoms with Crippen LogP contribution in [-0.4, -0.2) is 24.2 Å². The maximum Gasteiger partial charge on any atom is 0.328 e. The molecule has 0 aromatic heterocycles. The molecule has 0 bridgehead atoms. The number of anilines is 1. The first-order chi connectivity index (χ1) is 9.12. The molecule has 1 aromatic carbocycles. The normalized spacial score (nSPS) is 13.5. The van der Waals surface area contributed by atoms with Gasteiger partial charge in [0.25, 0.3) is 0 Å². The SMILES string of the molecule is Cc1cc(C=CC(=O)O)ccc1N(C)C(C)C(C)(C)C. The summed E-state index contributed by atoms with van der Waals surface area (Å²) < 4.78 is 0. The van der Waals surface area contributed by atoms with Crippen LogP contribution in [0.15, 0.2) is 24.3 Å². The third-order valence-electron chi connectivity index (χ3n) is 3.85. The molecular weight excluding hydrogens is 250 g/mol. The van der Waals surface area contributed by atoms with Gasteiger partial charge in [0.15, 0.2) is 0 Å². The van der Waals surface area contributed by atoms with Gasteiger partial charge >= 0.3 is 5.97 Å². The van der Waals surface area contributed by atoms with Gasteiger partial charge in [-0.25, -0.2) is 4.79 Å². The number of carboxylic acid groups (broad SMARTS) is 1. The molecule has 0 fully saturated rings. The molecule has 0 amide bonds. The van der Waals surface area contributed by atoms with Gasteiger partial charge in [-0.1, -0.05) is 26.8 Å². The van der Waals surface area contributed by atoms with Crippen LogP contribution < -0.4 is 4.90 Å². The molecule has 0 aliphatic carbocycles. The second kappa shape index (κ2) is 6.12. The topological polar surface area (TPSA) is 40.5 Å². The van der Waals surface area contributed by atoms with Gasteiger partial charge in [0.1, 0.15) is 0 Å². The number of nitrogens with zero attached hydrogens (tertiary/aromatic N) is 1. The minimum absolute atomic E-state index is 0.197. The van der Waals surface area contributed by atoms with Gasteiger partial charge in [-0.15, -0.1) is 0 Å². The van der Waals surface area contributed by atoms with Gasteiger partial charge in [0, 0.05) is 24.9 Å². The minimum Gasteiger partial charge on any atom is -0.478 e. The molecule has 1 N–H and O–H groups in total. The van der Waals surface area contributed by atoms with Gasteiger partial charge < -0.3 is 10.0 Å². The molecule has 110 valence electrons. The fourth-order valence-corrected chi connectivity index (χ4v) is 2.14. The van der Waals surface area contributed by atoms with E-state index in [-0.39, 0.29) is 5.41 Å². The predicted molar refractivity (Wildman–Crippen MR) is 85.2 cm³/mol. The molecule has 0 aliphatic rings. The number of aliphatic carboxylic acids is 1. The van der Waals surface area contributed by atoms with Crippen molar-refractivity contribution in [3.63, 3.8) is 0 Å². The highest BCUT2D eigenvalue weighted by Gasteiger charge is 2.24. The number of hydrogen-bond acceptors (Lipinski definition) is 2. The fourth-order valence-electron chi connectivity index (χ4n) is 2.14. The molecule has 20 heavy (non-hydrogen) atoms. The molecular formula is C17H25NO2. The first-order valence-corrected chi connectivity index (χ1v) is 6.87. The highest BCUT2D eigenvalue weighted by molar-refractivity contribution is 5.85. The zero-order chi connectivity index (χ0) is 15.5. The Labute approximate surface area is 121 Å². The maximum atomic E-state index is 10.5. The van der Waals surface area contributed by atoms with Gasteiger partial charge in [0.05, 0.1) is 0 Å². The summed E-state index contributed by atoms with van der Waals surface area (Å²) in [7, 11) is 2.10. The average Bonchev–Trinajstić information content (AvgIpc) is 2.33. The van der Waals surface area contributed by atoms with Crippen LogP contribution >= 0.6 is 0 Å². The molecule has 0 aliphatic heterocycles. The summed E-state index contributed by atoms with van der Waals surface area (Å²) in [6.07, 6.45) is 2.78. The summed E-state index contributed by atoms with van der Waals surface area (Å²) in [4.78, 5) is 12.8. The van der Waals surface area contributed by atoms with E-state index >= 15 is 0 Å². The lowest BCUT2D eigenvalue weighted by Gasteiger charge is -2.37. The van der Waals surface area contributed by atoms with Crippen molar-refractivity contribution in [3.05, 3.63) is 35.4 Å². The van der Waals surface area contributed by atoms with E-state index in [1.807, 2.05) is 12.1 Å². The van der Waals surface area contributed by atoms with E-state index in [0.29, 0.717) is 6.04 Å². The van der Waals surface area contributed by atoms with E-state index in [4.69, 9.17) is 5.11 Å². The van der Waals surface area contributed by atoms with Crippen LogP contribution in [0.2, 0.25) is 0 Å². The summed E-state index contributed by atoms with van der Waals surface area (Å²) in [6.45, 7) is 11.0. The van der Waals surface area contributed by atoms with Crippen molar-refractivity contribution < 1.29 is 9.90 Å². The summed E-state index contributed by atoms with van der Waals surface area (Å²) in [5, 5.41) is 8.65. The number of benzene rings is 1. The Morgan fingerprint density at radius 3 is 2.40 bits per heavy atom. The Bertz CT molecular complexity index is 512. The lowest BCUT2D eigenvalue weighted by atomic mass is 9.86. The van der Waals surface area contributed by atoms with Gasteiger partial charge in [-0.3, -0.25) is 0 Å². The molecule has 1 atom stereocenters. The molecule has 0 saturated carbocycles. The molecule has 1 unspecified atom stereocenters. The van der Waals surface area contributed by atoms with Crippen molar-refractivity contribution >= 4 is 17.7 Å². The average molecular weight is 275 g/mol. The smallest absolute Gasteiger partial charge is 0.328 e. The Morgan fingerprint density at radius 2 is 1.95 bits per heavy atom. The predicted octanol–water partition coefficient (Wildman–Crippen LogP) is 3.96. The van der Waals surface area contributed by atoms with Gasteiger partial charge in [-0.2, -0.15) is 0 Å². The second-order valence-corrected chi connectivity index (χ2v) is 6.37. The monoisotopic (exact) mass is 275 g/mol. The highest BCUT2D eigenvalue weighted by Crippen LogP contribution is 2.29. The molecule has 0 saturated heterocycles. The molecule has 0 radical (unpaired) electrons. The Hall–Kier alpha value is -1.77. The van der Waals surface area contributed by atoms with E-state index in [2.05, 4.69) is 52.6 Å². The Balaban J connectivity index is 3.01. The number of aryl methyl sites for hydroxylation is 1. The van der Waals surface area contributed by atoms with Crippen LogP contribution in [-0.2, 0) is 4.79 Å². The number of hydrogen-bond donors (Lipinski definition) is 1. The van der Waals surface area contributed by atoms with Crippen molar-refractivity contribution in [2.75, 3.05) is 11.9 Å². The minimum atomic E-state index is -0.926.